The van der Waals surface area contributed by atoms with Gasteiger partial charge in [-0.25, -0.2) is 4.39 Å². The molecule has 144 valence electrons. The van der Waals surface area contributed by atoms with E-state index in [-0.39, 0.29) is 11.9 Å². The molecule has 3 aromatic heterocycles. The first-order valence-electron chi connectivity index (χ1n) is 9.51. The van der Waals surface area contributed by atoms with E-state index in [4.69, 9.17) is 0 Å². The largest absolute Gasteiger partial charge is 0.309 e. The molecule has 0 radical (unpaired) electrons. The number of pyridine rings is 2. The van der Waals surface area contributed by atoms with Crippen LogP contribution in [0, 0.1) is 5.82 Å². The molecule has 1 unspecified atom stereocenters. The molecule has 0 aliphatic carbocycles. The van der Waals surface area contributed by atoms with Crippen molar-refractivity contribution in [1.29, 1.82) is 0 Å². The lowest BCUT2D eigenvalue weighted by Crippen LogP contribution is -2.37. The molecule has 7 heteroatoms. The smallest absolute Gasteiger partial charge is 0.165 e. The molecule has 0 N–H and O–H groups in total. The fraction of sp³-hybridized carbons (Fsp3) is 0.182. The normalized spacial score (nSPS) is 15.1. The highest BCUT2D eigenvalue weighted by atomic mass is 19.1. The topological polar surface area (TPSA) is 59.7 Å². The highest BCUT2D eigenvalue weighted by Crippen LogP contribution is 2.32. The maximum absolute atomic E-state index is 13.6. The molecule has 0 saturated carbocycles. The van der Waals surface area contributed by atoms with Gasteiger partial charge in [0, 0.05) is 37.2 Å². The fourth-order valence-electron chi connectivity index (χ4n) is 3.93. The number of hydrogen-bond donors (Lipinski definition) is 0. The van der Waals surface area contributed by atoms with Gasteiger partial charge in [0.15, 0.2) is 5.82 Å². The van der Waals surface area contributed by atoms with Crippen molar-refractivity contribution in [2.24, 2.45) is 0 Å². The third-order valence-corrected chi connectivity index (χ3v) is 5.23. The number of nitrogens with zero attached hydrogens (tertiary/aromatic N) is 6. The summed E-state index contributed by atoms with van der Waals surface area (Å²) >= 11 is 0. The van der Waals surface area contributed by atoms with E-state index < -0.39 is 0 Å². The van der Waals surface area contributed by atoms with Crippen LogP contribution < -0.4 is 0 Å². The average molecular weight is 386 g/mol. The van der Waals surface area contributed by atoms with E-state index in [1.165, 1.54) is 17.8 Å². The van der Waals surface area contributed by atoms with Crippen molar-refractivity contribution in [3.63, 3.8) is 0 Å². The third-order valence-electron chi connectivity index (χ3n) is 5.23. The minimum Gasteiger partial charge on any atom is -0.309 e. The molecule has 4 aromatic rings. The number of halogens is 1. The maximum atomic E-state index is 13.6. The van der Waals surface area contributed by atoms with Crippen LogP contribution in [0.1, 0.15) is 23.0 Å². The zero-order chi connectivity index (χ0) is 19.6. The van der Waals surface area contributed by atoms with Gasteiger partial charge >= 0.3 is 0 Å². The van der Waals surface area contributed by atoms with Crippen LogP contribution >= 0.6 is 0 Å². The van der Waals surface area contributed by atoms with Crippen molar-refractivity contribution in [1.82, 2.24) is 29.6 Å². The predicted octanol–water partition coefficient (Wildman–Crippen LogP) is 3.48. The van der Waals surface area contributed by atoms with E-state index in [0.717, 1.165) is 24.5 Å². The SMILES string of the molecule is Fc1cncc(-c2nnc3n2CCN(C(c2ccccc2)c2cccnc2)C3)c1. The molecular formula is C22H19FN6. The Kier molecular flexibility index (Phi) is 4.57. The summed E-state index contributed by atoms with van der Waals surface area (Å²) in [6, 6.07) is 16.0. The van der Waals surface area contributed by atoms with Crippen LogP contribution in [-0.2, 0) is 13.1 Å². The molecule has 1 aliphatic heterocycles. The minimum atomic E-state index is -0.377. The molecule has 0 amide bonds. The zero-order valence-corrected chi connectivity index (χ0v) is 15.7. The predicted molar refractivity (Wildman–Crippen MR) is 106 cm³/mol. The monoisotopic (exact) mass is 386 g/mol. The number of rotatable bonds is 4. The lowest BCUT2D eigenvalue weighted by molar-refractivity contribution is 0.176. The first-order valence-corrected chi connectivity index (χ1v) is 9.51. The summed E-state index contributed by atoms with van der Waals surface area (Å²) in [7, 11) is 0. The Hall–Kier alpha value is -3.45. The molecule has 1 aromatic carbocycles. The van der Waals surface area contributed by atoms with Crippen molar-refractivity contribution in [3.05, 3.63) is 96.1 Å². The highest BCUT2D eigenvalue weighted by Gasteiger charge is 2.29. The number of benzene rings is 1. The van der Waals surface area contributed by atoms with Gasteiger partial charge in [-0.3, -0.25) is 14.9 Å². The highest BCUT2D eigenvalue weighted by molar-refractivity contribution is 5.53. The molecule has 0 fully saturated rings. The van der Waals surface area contributed by atoms with Gasteiger partial charge < -0.3 is 4.57 Å². The van der Waals surface area contributed by atoms with Gasteiger partial charge in [-0.1, -0.05) is 36.4 Å². The molecule has 1 aliphatic rings. The van der Waals surface area contributed by atoms with Crippen molar-refractivity contribution in [2.45, 2.75) is 19.1 Å². The average Bonchev–Trinajstić information content (AvgIpc) is 3.19. The van der Waals surface area contributed by atoms with Crippen LogP contribution in [0.4, 0.5) is 4.39 Å². The Labute approximate surface area is 167 Å². The van der Waals surface area contributed by atoms with E-state index in [1.54, 1.807) is 12.4 Å². The summed E-state index contributed by atoms with van der Waals surface area (Å²) in [6.45, 7) is 2.18. The fourth-order valence-corrected chi connectivity index (χ4v) is 3.93. The molecule has 5 rings (SSSR count). The number of fused-ring (bicyclic) bond motifs is 1. The molecular weight excluding hydrogens is 367 g/mol. The summed E-state index contributed by atoms with van der Waals surface area (Å²) in [5.41, 5.74) is 2.99. The molecule has 0 bridgehead atoms. The second kappa shape index (κ2) is 7.52. The van der Waals surface area contributed by atoms with Crippen LogP contribution in [0.15, 0.2) is 73.3 Å². The Bertz CT molecular complexity index is 1070. The molecule has 4 heterocycles. The molecule has 1 atom stereocenters. The van der Waals surface area contributed by atoms with Crippen LogP contribution in [0.3, 0.4) is 0 Å². The first-order chi connectivity index (χ1) is 14.3. The summed E-state index contributed by atoms with van der Waals surface area (Å²) < 4.78 is 15.7. The van der Waals surface area contributed by atoms with E-state index in [0.29, 0.717) is 17.9 Å². The Morgan fingerprint density at radius 3 is 2.52 bits per heavy atom. The van der Waals surface area contributed by atoms with Crippen LogP contribution in [0.5, 0.6) is 0 Å². The minimum absolute atomic E-state index is 0.0784. The molecule has 0 spiro atoms. The molecule has 29 heavy (non-hydrogen) atoms. The van der Waals surface area contributed by atoms with Gasteiger partial charge in [0.25, 0.3) is 0 Å². The Morgan fingerprint density at radius 1 is 0.862 bits per heavy atom. The Morgan fingerprint density at radius 2 is 1.72 bits per heavy atom. The van der Waals surface area contributed by atoms with Crippen LogP contribution in [0.25, 0.3) is 11.4 Å². The summed E-state index contributed by atoms with van der Waals surface area (Å²) in [5, 5.41) is 8.70. The summed E-state index contributed by atoms with van der Waals surface area (Å²) in [5.74, 6) is 1.14. The van der Waals surface area contributed by atoms with Crippen LogP contribution in [-0.4, -0.2) is 36.2 Å². The van der Waals surface area contributed by atoms with Crippen molar-refractivity contribution in [3.8, 4) is 11.4 Å². The first kappa shape index (κ1) is 17.6. The van der Waals surface area contributed by atoms with Gasteiger partial charge in [0.2, 0.25) is 0 Å². The van der Waals surface area contributed by atoms with Crippen molar-refractivity contribution < 1.29 is 4.39 Å². The second-order valence-electron chi connectivity index (χ2n) is 7.05. The van der Waals surface area contributed by atoms with Gasteiger partial charge in [-0.05, 0) is 23.3 Å². The maximum Gasteiger partial charge on any atom is 0.165 e. The lowest BCUT2D eigenvalue weighted by Gasteiger charge is -2.35. The van der Waals surface area contributed by atoms with Crippen molar-refractivity contribution >= 4 is 0 Å². The quantitative estimate of drug-likeness (QED) is 0.537. The summed E-state index contributed by atoms with van der Waals surface area (Å²) in [4.78, 5) is 10.6. The Balaban J connectivity index is 1.49. The van der Waals surface area contributed by atoms with Crippen LogP contribution in [0.2, 0.25) is 0 Å². The zero-order valence-electron chi connectivity index (χ0n) is 15.7. The van der Waals surface area contributed by atoms with Gasteiger partial charge in [-0.2, -0.15) is 0 Å². The summed E-state index contributed by atoms with van der Waals surface area (Å²) in [6.07, 6.45) is 6.52. The van der Waals surface area contributed by atoms with E-state index in [9.17, 15) is 4.39 Å². The van der Waals surface area contributed by atoms with E-state index in [1.807, 2.05) is 18.3 Å². The van der Waals surface area contributed by atoms with Crippen molar-refractivity contribution in [2.75, 3.05) is 6.54 Å². The molecule has 0 saturated heterocycles. The van der Waals surface area contributed by atoms with Gasteiger partial charge in [-0.15, -0.1) is 10.2 Å². The van der Waals surface area contributed by atoms with Gasteiger partial charge in [0.1, 0.15) is 11.6 Å². The second-order valence-corrected chi connectivity index (χ2v) is 7.05. The van der Waals surface area contributed by atoms with E-state index in [2.05, 4.69) is 60.0 Å². The number of hydrogen-bond acceptors (Lipinski definition) is 5. The standard InChI is InChI=1S/C22H19FN6/c23-19-11-18(13-25-14-19)22-27-26-20-15-28(9-10-29(20)22)21(16-5-2-1-3-6-16)17-7-4-8-24-12-17/h1-8,11-14,21H,9-10,15H2. The lowest BCUT2D eigenvalue weighted by atomic mass is 9.98. The van der Waals surface area contributed by atoms with E-state index >= 15 is 0 Å². The number of aromatic nitrogens is 5. The van der Waals surface area contributed by atoms with Gasteiger partial charge in [0.05, 0.1) is 18.8 Å². The molecule has 6 nitrogen and oxygen atoms in total. The third kappa shape index (κ3) is 3.40.